The number of carbonyl (C=O) groups excluding carboxylic acids is 6. The first-order valence-electron chi connectivity index (χ1n) is 16.1. The number of esters is 3. The summed E-state index contributed by atoms with van der Waals surface area (Å²) in [6, 6.07) is 21.2. The zero-order valence-electron chi connectivity index (χ0n) is 29.0. The van der Waals surface area contributed by atoms with Gasteiger partial charge in [0, 0.05) is 36.9 Å². The van der Waals surface area contributed by atoms with Crippen LogP contribution in [0.1, 0.15) is 51.8 Å². The van der Waals surface area contributed by atoms with Gasteiger partial charge in [-0.1, -0.05) is 60.7 Å². The minimum Gasteiger partial charge on any atom is -0.448 e. The van der Waals surface area contributed by atoms with E-state index in [0.29, 0.717) is 11.1 Å². The molecule has 15 heteroatoms. The number of thioether (sulfide) groups is 1. The lowest BCUT2D eigenvalue weighted by Crippen LogP contribution is -2.71. The first-order valence-corrected chi connectivity index (χ1v) is 17.2. The van der Waals surface area contributed by atoms with Gasteiger partial charge in [0.05, 0.1) is 0 Å². The van der Waals surface area contributed by atoms with Crippen molar-refractivity contribution in [3.05, 3.63) is 101 Å². The molecule has 2 atom stereocenters. The Kier molecular flexibility index (Phi) is 11.5. The van der Waals surface area contributed by atoms with Gasteiger partial charge in [-0.3, -0.25) is 24.6 Å². The summed E-state index contributed by atoms with van der Waals surface area (Å²) in [5.74, 6) is -2.73. The molecule has 0 aliphatic carbocycles. The van der Waals surface area contributed by atoms with Gasteiger partial charge in [0.25, 0.3) is 5.91 Å². The average Bonchev–Trinajstić information content (AvgIpc) is 3.08. The first-order chi connectivity index (χ1) is 24.7. The van der Waals surface area contributed by atoms with E-state index in [2.05, 4.69) is 10.6 Å². The Balaban J connectivity index is 1.40. The van der Waals surface area contributed by atoms with Gasteiger partial charge in [0.1, 0.15) is 29.3 Å². The second kappa shape index (κ2) is 16.0. The summed E-state index contributed by atoms with van der Waals surface area (Å²) >= 11 is 1.26. The molecule has 0 unspecified atom stereocenters. The second-order valence-corrected chi connectivity index (χ2v) is 13.7. The zero-order valence-corrected chi connectivity index (χ0v) is 29.8. The zero-order chi connectivity index (χ0) is 37.6. The molecule has 3 aromatic rings. The average molecular weight is 732 g/mol. The molecule has 3 amide bonds. The lowest BCUT2D eigenvalue weighted by atomic mass is 10.0. The van der Waals surface area contributed by atoms with Gasteiger partial charge in [0.2, 0.25) is 0 Å². The van der Waals surface area contributed by atoms with Gasteiger partial charge in [-0.25, -0.2) is 14.4 Å². The highest BCUT2D eigenvalue weighted by atomic mass is 32.2. The van der Waals surface area contributed by atoms with Gasteiger partial charge in [-0.15, -0.1) is 11.8 Å². The van der Waals surface area contributed by atoms with Crippen LogP contribution in [-0.2, 0) is 33.4 Å². The summed E-state index contributed by atoms with van der Waals surface area (Å²) < 4.78 is 27.1. The van der Waals surface area contributed by atoms with Crippen molar-refractivity contribution >= 4 is 53.5 Å². The SMILES string of the molecule is CC(=O)Oc1ccc(NC(=O)OCC2=C(C(=O)OC(c3ccccc3)c3ccccc3)N3C(=O)[C@H](NC(=O)OC(C)(C)C)[C@@H]3SC2)cc1OC(C)=O. The Bertz CT molecular complexity index is 1850. The number of anilines is 1. The third-order valence-electron chi connectivity index (χ3n) is 7.42. The molecule has 14 nitrogen and oxygen atoms in total. The number of amides is 3. The van der Waals surface area contributed by atoms with Crippen LogP contribution in [0.3, 0.4) is 0 Å². The largest absolute Gasteiger partial charge is 0.448 e. The molecule has 0 aromatic heterocycles. The van der Waals surface area contributed by atoms with Gasteiger partial charge in [-0.2, -0.15) is 0 Å². The summed E-state index contributed by atoms with van der Waals surface area (Å²) in [6.45, 7) is 7.03. The van der Waals surface area contributed by atoms with Crippen LogP contribution in [0.25, 0.3) is 0 Å². The van der Waals surface area contributed by atoms with Crippen molar-refractivity contribution in [2.24, 2.45) is 0 Å². The highest BCUT2D eigenvalue weighted by Gasteiger charge is 2.55. The van der Waals surface area contributed by atoms with Crippen LogP contribution in [0.5, 0.6) is 11.5 Å². The number of fused-ring (bicyclic) bond motifs is 1. The van der Waals surface area contributed by atoms with Crippen LogP contribution in [0.2, 0.25) is 0 Å². The molecular formula is C37H37N3O11S. The summed E-state index contributed by atoms with van der Waals surface area (Å²) in [5, 5.41) is 4.43. The molecule has 0 radical (unpaired) electrons. The summed E-state index contributed by atoms with van der Waals surface area (Å²) in [4.78, 5) is 77.6. The molecule has 1 fully saturated rings. The van der Waals surface area contributed by atoms with Gasteiger partial charge >= 0.3 is 30.1 Å². The van der Waals surface area contributed by atoms with E-state index in [0.717, 1.165) is 6.92 Å². The highest BCUT2D eigenvalue weighted by Crippen LogP contribution is 2.42. The monoisotopic (exact) mass is 731 g/mol. The maximum absolute atomic E-state index is 14.2. The van der Waals surface area contributed by atoms with E-state index < -0.39 is 65.7 Å². The molecule has 2 aliphatic rings. The minimum absolute atomic E-state index is 0.0355. The van der Waals surface area contributed by atoms with Crippen molar-refractivity contribution in [2.75, 3.05) is 17.7 Å². The number of nitrogens with one attached hydrogen (secondary N) is 2. The van der Waals surface area contributed by atoms with Crippen molar-refractivity contribution in [1.29, 1.82) is 0 Å². The van der Waals surface area contributed by atoms with E-state index in [1.807, 2.05) is 60.7 Å². The second-order valence-electron chi connectivity index (χ2n) is 12.6. The van der Waals surface area contributed by atoms with E-state index in [1.54, 1.807) is 20.8 Å². The molecule has 0 saturated carbocycles. The third kappa shape index (κ3) is 9.28. The number of alkyl carbamates (subject to hydrolysis) is 1. The molecule has 2 N–H and O–H groups in total. The van der Waals surface area contributed by atoms with E-state index in [4.69, 9.17) is 23.7 Å². The number of nitrogens with zero attached hydrogens (tertiary/aromatic N) is 1. The van der Waals surface area contributed by atoms with Crippen molar-refractivity contribution in [2.45, 2.75) is 57.7 Å². The van der Waals surface area contributed by atoms with Crippen molar-refractivity contribution < 1.29 is 52.5 Å². The van der Waals surface area contributed by atoms with Crippen molar-refractivity contribution in [1.82, 2.24) is 10.2 Å². The van der Waals surface area contributed by atoms with E-state index in [1.165, 1.54) is 41.8 Å². The number of β-lactam (4-membered cyclic amide) rings is 1. The Labute approximate surface area is 303 Å². The Morgan fingerprint density at radius 1 is 0.846 bits per heavy atom. The standard InChI is InChI=1S/C37H37N3O11S/c1-21(41)48-27-17-16-26(18-28(27)49-22(2)42)38-35(45)47-19-25-20-52-33-29(39-36(46)51-37(3,4)5)32(43)40(33)30(25)34(44)50-31(23-12-8-6-9-13-23)24-14-10-7-11-15-24/h6-18,29,31,33H,19-20H2,1-5H3,(H,38,45)(H,39,46)/t29-,33-/m0/s1. The van der Waals surface area contributed by atoms with Crippen LogP contribution < -0.4 is 20.1 Å². The summed E-state index contributed by atoms with van der Waals surface area (Å²) in [6.07, 6.45) is -2.56. The normalized spacial score (nSPS) is 16.6. The minimum atomic E-state index is -0.978. The number of hydrogen-bond acceptors (Lipinski definition) is 12. The predicted octanol–water partition coefficient (Wildman–Crippen LogP) is 5.48. The molecule has 2 aliphatic heterocycles. The van der Waals surface area contributed by atoms with Crippen LogP contribution >= 0.6 is 11.8 Å². The molecule has 2 heterocycles. The van der Waals surface area contributed by atoms with Gasteiger partial charge < -0.3 is 29.0 Å². The molecule has 0 spiro atoms. The van der Waals surface area contributed by atoms with Crippen molar-refractivity contribution in [3.63, 3.8) is 0 Å². The van der Waals surface area contributed by atoms with Gasteiger partial charge in [-0.05, 0) is 44.0 Å². The quantitative estimate of drug-likeness (QED) is 0.116. The van der Waals surface area contributed by atoms with Crippen LogP contribution in [0.15, 0.2) is 90.1 Å². The fourth-order valence-corrected chi connectivity index (χ4v) is 6.66. The topological polar surface area (TPSA) is 176 Å². The fraction of sp³-hybridized carbons (Fsp3) is 0.297. The third-order valence-corrected chi connectivity index (χ3v) is 8.76. The molecule has 52 heavy (non-hydrogen) atoms. The molecule has 0 bridgehead atoms. The molecule has 3 aromatic carbocycles. The predicted molar refractivity (Wildman–Crippen MR) is 188 cm³/mol. The fourth-order valence-electron chi connectivity index (χ4n) is 5.33. The van der Waals surface area contributed by atoms with E-state index >= 15 is 0 Å². The molecule has 1 saturated heterocycles. The Morgan fingerprint density at radius 2 is 1.44 bits per heavy atom. The molecular weight excluding hydrogens is 694 g/mol. The Hall–Kier alpha value is -5.83. The van der Waals surface area contributed by atoms with Crippen LogP contribution in [-0.4, -0.2) is 70.3 Å². The maximum atomic E-state index is 14.2. The number of carbonyl (C=O) groups is 6. The van der Waals surface area contributed by atoms with E-state index in [9.17, 15) is 28.8 Å². The van der Waals surface area contributed by atoms with E-state index in [-0.39, 0.29) is 34.2 Å². The first kappa shape index (κ1) is 37.4. The number of benzene rings is 3. The smallest absolute Gasteiger partial charge is 0.411 e. The molecule has 5 rings (SSSR count). The lowest BCUT2D eigenvalue weighted by molar-refractivity contribution is -0.153. The number of hydrogen-bond donors (Lipinski definition) is 2. The van der Waals surface area contributed by atoms with Crippen LogP contribution in [0, 0.1) is 0 Å². The summed E-state index contributed by atoms with van der Waals surface area (Å²) in [5.41, 5.74) is 0.903. The number of ether oxygens (including phenoxy) is 5. The van der Waals surface area contributed by atoms with Crippen molar-refractivity contribution in [3.8, 4) is 11.5 Å². The number of rotatable bonds is 10. The highest BCUT2D eigenvalue weighted by molar-refractivity contribution is 8.00. The summed E-state index contributed by atoms with van der Waals surface area (Å²) in [7, 11) is 0. The van der Waals surface area contributed by atoms with Gasteiger partial charge in [0.15, 0.2) is 17.6 Å². The lowest BCUT2D eigenvalue weighted by Gasteiger charge is -2.49. The maximum Gasteiger partial charge on any atom is 0.411 e. The molecule has 272 valence electrons. The van der Waals surface area contributed by atoms with Crippen LogP contribution in [0.4, 0.5) is 15.3 Å². The Morgan fingerprint density at radius 3 is 2.02 bits per heavy atom.